The van der Waals surface area contributed by atoms with Crippen LogP contribution in [0, 0.1) is 0 Å². The van der Waals surface area contributed by atoms with Crippen molar-refractivity contribution in [3.8, 4) is 11.5 Å². The maximum Gasteiger partial charge on any atom is 0.132 e. The minimum Gasteiger partial charge on any atom is -0.496 e. The molecule has 18 heavy (non-hydrogen) atoms. The van der Waals surface area contributed by atoms with Gasteiger partial charge >= 0.3 is 0 Å². The van der Waals surface area contributed by atoms with Crippen LogP contribution in [0.3, 0.4) is 0 Å². The quantitative estimate of drug-likeness (QED) is 0.861. The normalized spacial score (nSPS) is 15.3. The van der Waals surface area contributed by atoms with Gasteiger partial charge in [-0.2, -0.15) is 0 Å². The van der Waals surface area contributed by atoms with Crippen molar-refractivity contribution in [1.29, 1.82) is 0 Å². The Hall–Kier alpha value is -0.870. The van der Waals surface area contributed by atoms with E-state index in [-0.39, 0.29) is 0 Å². The lowest BCUT2D eigenvalue weighted by molar-refractivity contribution is 0.390. The molecule has 0 heterocycles. The first-order chi connectivity index (χ1) is 8.78. The van der Waals surface area contributed by atoms with E-state index in [9.17, 15) is 0 Å². The van der Waals surface area contributed by atoms with Crippen LogP contribution in [0.5, 0.6) is 11.5 Å². The van der Waals surface area contributed by atoms with E-state index in [1.807, 2.05) is 11.8 Å². The Balaban J connectivity index is 2.25. The van der Waals surface area contributed by atoms with Gasteiger partial charge < -0.3 is 15.2 Å². The molecule has 0 unspecified atom stereocenters. The van der Waals surface area contributed by atoms with E-state index in [1.165, 1.54) is 24.2 Å². The predicted octanol–water partition coefficient (Wildman–Crippen LogP) is 2.85. The monoisotopic (exact) mass is 267 g/mol. The third-order valence-electron chi connectivity index (χ3n) is 3.33. The molecule has 0 aromatic heterocycles. The smallest absolute Gasteiger partial charge is 0.132 e. The summed E-state index contributed by atoms with van der Waals surface area (Å²) in [6, 6.07) is 4.15. The maximum absolute atomic E-state index is 5.62. The molecule has 2 rings (SSSR count). The van der Waals surface area contributed by atoms with Crippen LogP contribution in [0.15, 0.2) is 17.0 Å². The van der Waals surface area contributed by atoms with Crippen LogP contribution in [-0.2, 0) is 6.42 Å². The van der Waals surface area contributed by atoms with Gasteiger partial charge in [-0.25, -0.2) is 0 Å². The van der Waals surface area contributed by atoms with Crippen LogP contribution < -0.4 is 15.2 Å². The lowest BCUT2D eigenvalue weighted by atomic mass is 10.00. The summed E-state index contributed by atoms with van der Waals surface area (Å²) in [5, 5.41) is 0.740. The summed E-state index contributed by atoms with van der Waals surface area (Å²) in [7, 11) is 3.43. The summed E-state index contributed by atoms with van der Waals surface area (Å²) in [4.78, 5) is 1.18. The van der Waals surface area contributed by atoms with Crippen LogP contribution in [-0.4, -0.2) is 26.0 Å². The number of benzene rings is 1. The van der Waals surface area contributed by atoms with E-state index < -0.39 is 0 Å². The van der Waals surface area contributed by atoms with E-state index in [2.05, 4.69) is 12.1 Å². The number of hydrogen-bond acceptors (Lipinski definition) is 4. The molecule has 1 aromatic carbocycles. The fraction of sp³-hybridized carbons (Fsp3) is 0.571. The Labute approximate surface area is 113 Å². The fourth-order valence-electron chi connectivity index (χ4n) is 2.04. The molecule has 0 amide bonds. The van der Waals surface area contributed by atoms with E-state index in [4.69, 9.17) is 15.2 Å². The number of nitrogens with two attached hydrogens (primary N) is 1. The van der Waals surface area contributed by atoms with E-state index in [0.717, 1.165) is 28.7 Å². The van der Waals surface area contributed by atoms with E-state index in [0.29, 0.717) is 6.54 Å². The van der Waals surface area contributed by atoms with Crippen molar-refractivity contribution in [3.63, 3.8) is 0 Å². The fourth-order valence-corrected chi connectivity index (χ4v) is 3.41. The van der Waals surface area contributed by atoms with Crippen molar-refractivity contribution in [3.05, 3.63) is 17.7 Å². The third-order valence-corrected chi connectivity index (χ3v) is 4.70. The van der Waals surface area contributed by atoms with Crippen LogP contribution in [0.2, 0.25) is 0 Å². The second-order valence-corrected chi connectivity index (χ2v) is 5.87. The number of thioether (sulfide) groups is 1. The van der Waals surface area contributed by atoms with Gasteiger partial charge in [-0.15, -0.1) is 11.8 Å². The van der Waals surface area contributed by atoms with Gasteiger partial charge in [-0.3, -0.25) is 0 Å². The largest absolute Gasteiger partial charge is 0.496 e. The Morgan fingerprint density at radius 1 is 1.22 bits per heavy atom. The standard InChI is InChI=1S/C14H21NO2S/c1-16-12-9-14(18-11-4-3-5-11)13(17-2)8-10(12)6-7-15/h8-9,11H,3-7,15H2,1-2H3. The van der Waals surface area contributed by atoms with E-state index in [1.54, 1.807) is 14.2 Å². The van der Waals surface area contributed by atoms with Gasteiger partial charge in [0, 0.05) is 5.25 Å². The summed E-state index contributed by atoms with van der Waals surface area (Å²) in [5.74, 6) is 1.86. The molecule has 0 atom stereocenters. The second-order valence-electron chi connectivity index (χ2n) is 4.52. The van der Waals surface area contributed by atoms with Crippen LogP contribution in [0.1, 0.15) is 24.8 Å². The van der Waals surface area contributed by atoms with Crippen molar-refractivity contribution in [1.82, 2.24) is 0 Å². The Morgan fingerprint density at radius 3 is 2.44 bits per heavy atom. The highest BCUT2D eigenvalue weighted by atomic mass is 32.2. The summed E-state index contributed by atoms with van der Waals surface area (Å²) in [6.45, 7) is 0.620. The highest BCUT2D eigenvalue weighted by Crippen LogP contribution is 2.43. The summed E-state index contributed by atoms with van der Waals surface area (Å²) in [5.41, 5.74) is 6.74. The highest BCUT2D eigenvalue weighted by molar-refractivity contribution is 8.00. The van der Waals surface area contributed by atoms with Gasteiger partial charge in [-0.05, 0) is 43.5 Å². The maximum atomic E-state index is 5.62. The van der Waals surface area contributed by atoms with Crippen molar-refractivity contribution >= 4 is 11.8 Å². The van der Waals surface area contributed by atoms with E-state index >= 15 is 0 Å². The molecule has 1 aliphatic rings. The molecule has 1 saturated carbocycles. The van der Waals surface area contributed by atoms with Gasteiger partial charge in [0.1, 0.15) is 11.5 Å². The molecule has 0 bridgehead atoms. The Kier molecular flexibility index (Phi) is 4.78. The molecular formula is C14H21NO2S. The Bertz CT molecular complexity index is 405. The lowest BCUT2D eigenvalue weighted by Crippen LogP contribution is -2.13. The van der Waals surface area contributed by atoms with Gasteiger partial charge in [0.2, 0.25) is 0 Å². The molecule has 4 heteroatoms. The Morgan fingerprint density at radius 2 is 1.94 bits per heavy atom. The zero-order valence-corrected chi connectivity index (χ0v) is 11.9. The molecule has 0 spiro atoms. The van der Waals surface area contributed by atoms with Crippen LogP contribution in [0.4, 0.5) is 0 Å². The summed E-state index contributed by atoms with van der Waals surface area (Å²) in [6.07, 6.45) is 4.78. The molecule has 1 aromatic rings. The molecule has 0 radical (unpaired) electrons. The molecule has 2 N–H and O–H groups in total. The number of methoxy groups -OCH3 is 2. The van der Waals surface area contributed by atoms with Gasteiger partial charge in [0.15, 0.2) is 0 Å². The number of hydrogen-bond donors (Lipinski definition) is 1. The highest BCUT2D eigenvalue weighted by Gasteiger charge is 2.21. The predicted molar refractivity (Wildman–Crippen MR) is 75.8 cm³/mol. The first-order valence-electron chi connectivity index (χ1n) is 6.40. The molecule has 1 fully saturated rings. The average molecular weight is 267 g/mol. The lowest BCUT2D eigenvalue weighted by Gasteiger charge is -2.25. The van der Waals surface area contributed by atoms with Gasteiger partial charge in [-0.1, -0.05) is 6.42 Å². The molecule has 1 aliphatic carbocycles. The first kappa shape index (κ1) is 13.6. The molecule has 100 valence electrons. The van der Waals surface area contributed by atoms with Crippen molar-refractivity contribution < 1.29 is 9.47 Å². The second kappa shape index (κ2) is 6.34. The van der Waals surface area contributed by atoms with Gasteiger partial charge in [0.05, 0.1) is 19.1 Å². The SMILES string of the molecule is COc1cc(SC2CCC2)c(OC)cc1CCN. The van der Waals surface area contributed by atoms with Gasteiger partial charge in [0.25, 0.3) is 0 Å². The van der Waals surface area contributed by atoms with Crippen molar-refractivity contribution in [2.45, 2.75) is 35.8 Å². The average Bonchev–Trinajstić information content (AvgIpc) is 2.34. The minimum atomic E-state index is 0.620. The van der Waals surface area contributed by atoms with Crippen molar-refractivity contribution in [2.75, 3.05) is 20.8 Å². The van der Waals surface area contributed by atoms with Crippen molar-refractivity contribution in [2.24, 2.45) is 5.73 Å². The summed E-state index contributed by atoms with van der Waals surface area (Å²) >= 11 is 1.90. The number of ether oxygens (including phenoxy) is 2. The molecule has 0 aliphatic heterocycles. The topological polar surface area (TPSA) is 44.5 Å². The molecular weight excluding hydrogens is 246 g/mol. The van der Waals surface area contributed by atoms with Crippen LogP contribution in [0.25, 0.3) is 0 Å². The first-order valence-corrected chi connectivity index (χ1v) is 7.28. The number of rotatable bonds is 6. The molecule has 3 nitrogen and oxygen atoms in total. The zero-order chi connectivity index (χ0) is 13.0. The minimum absolute atomic E-state index is 0.620. The molecule has 0 saturated heterocycles. The zero-order valence-electron chi connectivity index (χ0n) is 11.1. The summed E-state index contributed by atoms with van der Waals surface area (Å²) < 4.78 is 10.9. The van der Waals surface area contributed by atoms with Crippen LogP contribution >= 0.6 is 11.8 Å². The third kappa shape index (κ3) is 2.93.